The molecule has 0 fully saturated rings. The Morgan fingerprint density at radius 3 is 2.47 bits per heavy atom. The van der Waals surface area contributed by atoms with Crippen LogP contribution in [0.15, 0.2) is 47.1 Å². The van der Waals surface area contributed by atoms with E-state index in [1.807, 2.05) is 13.8 Å². The highest BCUT2D eigenvalue weighted by atomic mass is 19.1. The van der Waals surface area contributed by atoms with Gasteiger partial charge in [-0.1, -0.05) is 26.0 Å². The summed E-state index contributed by atoms with van der Waals surface area (Å²) in [5.41, 5.74) is 0.944. The molecule has 0 saturated carbocycles. The van der Waals surface area contributed by atoms with Crippen molar-refractivity contribution in [3.05, 3.63) is 48.3 Å². The van der Waals surface area contributed by atoms with Crippen LogP contribution in [-0.2, 0) is 4.79 Å². The molecule has 0 aliphatic rings. The maximum absolute atomic E-state index is 13.8. The Balaban J connectivity index is 1.77. The normalized spacial score (nSPS) is 11.6. The van der Waals surface area contributed by atoms with Crippen LogP contribution < -0.4 is 19.5 Å². The second-order valence-electron chi connectivity index (χ2n) is 7.00. The van der Waals surface area contributed by atoms with Crippen LogP contribution in [-0.4, -0.2) is 35.5 Å². The number of aromatic nitrogens is 2. The van der Waals surface area contributed by atoms with E-state index in [1.54, 1.807) is 24.3 Å². The maximum atomic E-state index is 13.8. The highest BCUT2D eigenvalue weighted by molar-refractivity contribution is 5.96. The zero-order chi connectivity index (χ0) is 22.9. The predicted molar refractivity (Wildman–Crippen MR) is 116 cm³/mol. The molecule has 0 aliphatic heterocycles. The van der Waals surface area contributed by atoms with Gasteiger partial charge in [0.15, 0.2) is 34.9 Å². The Morgan fingerprint density at radius 1 is 1.03 bits per heavy atom. The minimum Gasteiger partial charge on any atom is -0.490 e. The average Bonchev–Trinajstić information content (AvgIpc) is 3.26. The first kappa shape index (κ1) is 23.1. The molecule has 1 heterocycles. The summed E-state index contributed by atoms with van der Waals surface area (Å²) in [6.07, 6.45) is 0.722. The summed E-state index contributed by atoms with van der Waals surface area (Å²) in [4.78, 5) is 12.6. The van der Waals surface area contributed by atoms with Gasteiger partial charge >= 0.3 is 0 Å². The lowest BCUT2D eigenvalue weighted by atomic mass is 10.1. The van der Waals surface area contributed by atoms with Crippen molar-refractivity contribution < 1.29 is 28.0 Å². The second kappa shape index (κ2) is 11.1. The molecule has 0 aliphatic carbocycles. The Labute approximate surface area is 185 Å². The van der Waals surface area contributed by atoms with Crippen LogP contribution in [0.2, 0.25) is 0 Å². The summed E-state index contributed by atoms with van der Waals surface area (Å²) in [6, 6.07) is 11.2. The molecule has 2 aromatic carbocycles. The van der Waals surface area contributed by atoms with Crippen molar-refractivity contribution in [2.24, 2.45) is 0 Å². The smallest absolute Gasteiger partial charge is 0.266 e. The largest absolute Gasteiger partial charge is 0.490 e. The molecule has 0 bridgehead atoms. The van der Waals surface area contributed by atoms with Crippen molar-refractivity contribution in [3.63, 3.8) is 0 Å². The minimum atomic E-state index is -0.982. The molecule has 0 radical (unpaired) electrons. The van der Waals surface area contributed by atoms with Crippen LogP contribution in [0, 0.1) is 5.82 Å². The molecular formula is C23H26FN3O5. The zero-order valence-electron chi connectivity index (χ0n) is 18.3. The number of nitrogens with zero attached hydrogens (tertiary/aromatic N) is 2. The Bertz CT molecular complexity index is 1040. The van der Waals surface area contributed by atoms with Gasteiger partial charge in [0, 0.05) is 5.56 Å². The maximum Gasteiger partial charge on any atom is 0.266 e. The fourth-order valence-electron chi connectivity index (χ4n) is 2.77. The van der Waals surface area contributed by atoms with Crippen molar-refractivity contribution in [3.8, 4) is 28.5 Å². The van der Waals surface area contributed by atoms with Crippen LogP contribution in [0.3, 0.4) is 0 Å². The van der Waals surface area contributed by atoms with Crippen LogP contribution in [0.4, 0.5) is 10.2 Å². The van der Waals surface area contributed by atoms with Crippen LogP contribution >= 0.6 is 0 Å². The lowest BCUT2D eigenvalue weighted by Gasteiger charge is -2.15. The second-order valence-corrected chi connectivity index (χ2v) is 7.00. The number of ether oxygens (including phenoxy) is 3. The molecule has 8 nitrogen and oxygen atoms in total. The molecule has 3 rings (SSSR count). The molecule has 9 heteroatoms. The van der Waals surface area contributed by atoms with E-state index in [9.17, 15) is 9.18 Å². The molecule has 1 N–H and O–H groups in total. The van der Waals surface area contributed by atoms with E-state index in [1.165, 1.54) is 25.1 Å². The summed E-state index contributed by atoms with van der Waals surface area (Å²) in [5, 5.41) is 10.3. The third-order valence-electron chi connectivity index (χ3n) is 4.38. The zero-order valence-corrected chi connectivity index (χ0v) is 18.3. The first-order chi connectivity index (χ1) is 15.5. The van der Waals surface area contributed by atoms with E-state index in [-0.39, 0.29) is 11.6 Å². The van der Waals surface area contributed by atoms with Gasteiger partial charge in [0.25, 0.3) is 5.91 Å². The molecule has 1 atom stereocenters. The fraction of sp³-hybridized carbons (Fsp3) is 0.348. The molecule has 0 saturated heterocycles. The molecule has 0 unspecified atom stereocenters. The topological polar surface area (TPSA) is 95.7 Å². The molecule has 3 aromatic rings. The molecular weight excluding hydrogens is 417 g/mol. The monoisotopic (exact) mass is 443 g/mol. The SMILES string of the molecule is CCCOc1ccc(-c2nonc2NC(=O)[C@@H](C)Oc2ccccc2F)cc1OCCC. The Kier molecular flexibility index (Phi) is 8.02. The van der Waals surface area contributed by atoms with Gasteiger partial charge in [-0.25, -0.2) is 9.02 Å². The summed E-state index contributed by atoms with van der Waals surface area (Å²) in [5.74, 6) is 0.195. The number of hydrogen-bond acceptors (Lipinski definition) is 7. The molecule has 1 aromatic heterocycles. The third-order valence-corrected chi connectivity index (χ3v) is 4.38. The molecule has 170 valence electrons. The van der Waals surface area contributed by atoms with E-state index >= 15 is 0 Å². The Hall–Kier alpha value is -3.62. The van der Waals surface area contributed by atoms with Crippen molar-refractivity contribution in [1.29, 1.82) is 0 Å². The summed E-state index contributed by atoms with van der Waals surface area (Å²) < 4.78 is 35.6. The van der Waals surface area contributed by atoms with Crippen molar-refractivity contribution >= 4 is 11.7 Å². The fourth-order valence-corrected chi connectivity index (χ4v) is 2.77. The van der Waals surface area contributed by atoms with E-state index < -0.39 is 17.8 Å². The van der Waals surface area contributed by atoms with Gasteiger partial charge in [-0.2, -0.15) is 0 Å². The first-order valence-corrected chi connectivity index (χ1v) is 10.5. The lowest BCUT2D eigenvalue weighted by Crippen LogP contribution is -2.30. The van der Waals surface area contributed by atoms with Crippen LogP contribution in [0.1, 0.15) is 33.6 Å². The number of carbonyl (C=O) groups is 1. The number of rotatable bonds is 11. The quantitative estimate of drug-likeness (QED) is 0.452. The van der Waals surface area contributed by atoms with Crippen LogP contribution in [0.5, 0.6) is 17.2 Å². The number of para-hydroxylation sites is 1. The Morgan fingerprint density at radius 2 is 1.75 bits per heavy atom. The van der Waals surface area contributed by atoms with Crippen molar-refractivity contribution in [2.45, 2.75) is 39.7 Å². The predicted octanol–water partition coefficient (Wildman–Crippen LogP) is 4.86. The first-order valence-electron chi connectivity index (χ1n) is 10.5. The molecule has 0 spiro atoms. The van der Waals surface area contributed by atoms with E-state index in [2.05, 4.69) is 15.6 Å². The van der Waals surface area contributed by atoms with Gasteiger partial charge in [-0.15, -0.1) is 0 Å². The number of benzene rings is 2. The number of hydrogen-bond donors (Lipinski definition) is 1. The highest BCUT2D eigenvalue weighted by Crippen LogP contribution is 2.34. The standard InChI is InChI=1S/C23H26FN3O5/c1-4-12-29-19-11-10-16(14-20(19)30-13-5-2)21-22(27-32-26-21)25-23(28)15(3)31-18-9-7-6-8-17(18)24/h6-11,14-15H,4-5,12-13H2,1-3H3,(H,25,27,28)/t15-/m1/s1. The number of anilines is 1. The van der Waals surface area contributed by atoms with E-state index in [0.717, 1.165) is 12.8 Å². The van der Waals surface area contributed by atoms with Gasteiger partial charge in [0.2, 0.25) is 5.82 Å². The summed E-state index contributed by atoms with van der Waals surface area (Å²) in [6.45, 7) is 6.63. The van der Waals surface area contributed by atoms with Crippen LogP contribution in [0.25, 0.3) is 11.3 Å². The average molecular weight is 443 g/mol. The van der Waals surface area contributed by atoms with Gasteiger partial charge in [-0.3, -0.25) is 4.79 Å². The highest BCUT2D eigenvalue weighted by Gasteiger charge is 2.22. The number of carbonyl (C=O) groups excluding carboxylic acids is 1. The lowest BCUT2D eigenvalue weighted by molar-refractivity contribution is -0.122. The number of nitrogens with one attached hydrogen (secondary N) is 1. The molecule has 1 amide bonds. The van der Waals surface area contributed by atoms with Crippen molar-refractivity contribution in [2.75, 3.05) is 18.5 Å². The molecule has 32 heavy (non-hydrogen) atoms. The minimum absolute atomic E-state index is 0.0194. The third kappa shape index (κ3) is 5.75. The van der Waals surface area contributed by atoms with E-state index in [4.69, 9.17) is 18.8 Å². The van der Waals surface area contributed by atoms with E-state index in [0.29, 0.717) is 36.0 Å². The summed E-state index contributed by atoms with van der Waals surface area (Å²) >= 11 is 0. The van der Waals surface area contributed by atoms with Crippen molar-refractivity contribution in [1.82, 2.24) is 10.3 Å². The summed E-state index contributed by atoms with van der Waals surface area (Å²) in [7, 11) is 0. The van der Waals surface area contributed by atoms with Gasteiger partial charge in [-0.05, 0) is 60.4 Å². The van der Waals surface area contributed by atoms with Gasteiger partial charge in [0.05, 0.1) is 13.2 Å². The number of amides is 1. The number of halogens is 1. The van der Waals surface area contributed by atoms with Gasteiger partial charge < -0.3 is 19.5 Å². The van der Waals surface area contributed by atoms with Gasteiger partial charge in [0.1, 0.15) is 0 Å².